The van der Waals surface area contributed by atoms with Gasteiger partial charge in [-0.1, -0.05) is 12.1 Å². The van der Waals surface area contributed by atoms with E-state index in [-0.39, 0.29) is 11.6 Å². The number of aliphatic imine (C=N–C) groups is 1. The van der Waals surface area contributed by atoms with E-state index in [1.54, 1.807) is 0 Å². The molecular formula is C13H19N3O2. The molecular weight excluding hydrogens is 230 g/mol. The summed E-state index contributed by atoms with van der Waals surface area (Å²) in [5, 5.41) is 0. The summed E-state index contributed by atoms with van der Waals surface area (Å²) >= 11 is 0. The molecule has 0 aromatic heterocycles. The summed E-state index contributed by atoms with van der Waals surface area (Å²) in [4.78, 5) is 4.50. The monoisotopic (exact) mass is 249 g/mol. The van der Waals surface area contributed by atoms with Crippen molar-refractivity contribution in [2.24, 2.45) is 10.8 Å². The van der Waals surface area contributed by atoms with Crippen molar-refractivity contribution in [3.8, 4) is 11.5 Å². The van der Waals surface area contributed by atoms with Crippen molar-refractivity contribution in [1.82, 2.24) is 5.43 Å². The minimum absolute atomic E-state index is 0.220. The molecule has 0 radical (unpaired) electrons. The van der Waals surface area contributed by atoms with E-state index in [1.807, 2.05) is 45.0 Å². The summed E-state index contributed by atoms with van der Waals surface area (Å²) in [5.41, 5.74) is 2.38. The maximum atomic E-state index is 5.83. The number of nitrogens with one attached hydrogen (secondary N) is 1. The Balaban J connectivity index is 2.19. The first-order valence-corrected chi connectivity index (χ1v) is 5.94. The van der Waals surface area contributed by atoms with E-state index in [4.69, 9.17) is 15.3 Å². The maximum Gasteiger partial charge on any atom is 0.190 e. The number of nitrogens with two attached hydrogens (primary N) is 1. The van der Waals surface area contributed by atoms with Gasteiger partial charge in [-0.15, -0.1) is 0 Å². The van der Waals surface area contributed by atoms with Crippen LogP contribution < -0.4 is 20.7 Å². The summed E-state index contributed by atoms with van der Waals surface area (Å²) in [6.07, 6.45) is -0.302. The molecule has 1 unspecified atom stereocenters. The van der Waals surface area contributed by atoms with Crippen LogP contribution in [0.4, 0.5) is 0 Å². The Kier molecular flexibility index (Phi) is 3.43. The number of amidine groups is 1. The predicted octanol–water partition coefficient (Wildman–Crippen LogP) is 1.49. The zero-order valence-corrected chi connectivity index (χ0v) is 10.9. The molecule has 1 aromatic carbocycles. The van der Waals surface area contributed by atoms with Crippen LogP contribution in [0, 0.1) is 0 Å². The molecule has 1 atom stereocenters. The number of fused-ring (bicyclic) bond motifs is 1. The van der Waals surface area contributed by atoms with E-state index in [1.165, 1.54) is 0 Å². The quantitative estimate of drug-likeness (QED) is 0.342. The summed E-state index contributed by atoms with van der Waals surface area (Å²) in [6, 6.07) is 7.56. The van der Waals surface area contributed by atoms with Crippen molar-refractivity contribution in [3.63, 3.8) is 0 Å². The van der Waals surface area contributed by atoms with E-state index in [9.17, 15) is 0 Å². The van der Waals surface area contributed by atoms with Crippen molar-refractivity contribution >= 4 is 5.84 Å². The van der Waals surface area contributed by atoms with Gasteiger partial charge in [0.1, 0.15) is 6.61 Å². The summed E-state index contributed by atoms with van der Waals surface area (Å²) in [6.45, 7) is 6.40. The van der Waals surface area contributed by atoms with Crippen LogP contribution in [0.1, 0.15) is 20.8 Å². The van der Waals surface area contributed by atoms with Crippen LogP contribution in [0.15, 0.2) is 29.3 Å². The Hall–Kier alpha value is -1.75. The van der Waals surface area contributed by atoms with E-state index in [2.05, 4.69) is 10.4 Å². The lowest BCUT2D eigenvalue weighted by molar-refractivity contribution is 0.132. The molecule has 2 rings (SSSR count). The molecule has 5 heteroatoms. The van der Waals surface area contributed by atoms with Crippen LogP contribution in [0.25, 0.3) is 0 Å². The van der Waals surface area contributed by atoms with Crippen LogP contribution in [0.3, 0.4) is 0 Å². The van der Waals surface area contributed by atoms with E-state index < -0.39 is 0 Å². The first kappa shape index (κ1) is 12.7. The van der Waals surface area contributed by atoms with Gasteiger partial charge in [0.2, 0.25) is 0 Å². The fourth-order valence-corrected chi connectivity index (χ4v) is 1.71. The molecule has 1 aromatic rings. The van der Waals surface area contributed by atoms with Gasteiger partial charge < -0.3 is 14.9 Å². The number of rotatable bonds is 1. The van der Waals surface area contributed by atoms with Gasteiger partial charge in [-0.25, -0.2) is 5.84 Å². The van der Waals surface area contributed by atoms with E-state index in [0.717, 1.165) is 5.75 Å². The molecule has 1 aliphatic heterocycles. The van der Waals surface area contributed by atoms with Gasteiger partial charge in [0.25, 0.3) is 0 Å². The van der Waals surface area contributed by atoms with Crippen molar-refractivity contribution < 1.29 is 9.47 Å². The highest BCUT2D eigenvalue weighted by Crippen LogP contribution is 2.31. The topological polar surface area (TPSA) is 68.9 Å². The SMILES string of the molecule is CC(C)(C)N=C(NN)C1COc2ccccc2O1. The fourth-order valence-electron chi connectivity index (χ4n) is 1.71. The predicted molar refractivity (Wildman–Crippen MR) is 70.9 cm³/mol. The largest absolute Gasteiger partial charge is 0.485 e. The first-order valence-electron chi connectivity index (χ1n) is 5.94. The molecule has 3 N–H and O–H groups in total. The summed E-state index contributed by atoms with van der Waals surface area (Å²) < 4.78 is 11.5. The van der Waals surface area contributed by atoms with E-state index in [0.29, 0.717) is 18.2 Å². The van der Waals surface area contributed by atoms with Crippen LogP contribution in [0.5, 0.6) is 11.5 Å². The van der Waals surface area contributed by atoms with Crippen LogP contribution in [-0.4, -0.2) is 24.1 Å². The fraction of sp³-hybridized carbons (Fsp3) is 0.462. The normalized spacial score (nSPS) is 19.6. The van der Waals surface area contributed by atoms with E-state index >= 15 is 0 Å². The number of ether oxygens (including phenoxy) is 2. The number of nitrogens with zero attached hydrogens (tertiary/aromatic N) is 1. The number of hydrogen-bond acceptors (Lipinski definition) is 4. The lowest BCUT2D eigenvalue weighted by atomic mass is 10.1. The van der Waals surface area contributed by atoms with Gasteiger partial charge >= 0.3 is 0 Å². The first-order chi connectivity index (χ1) is 8.49. The Labute approximate surface area is 107 Å². The Morgan fingerprint density at radius 2 is 2.00 bits per heavy atom. The Bertz CT molecular complexity index is 452. The van der Waals surface area contributed by atoms with Gasteiger partial charge in [0.05, 0.1) is 5.54 Å². The number of hydrogen-bond donors (Lipinski definition) is 2. The molecule has 0 spiro atoms. The van der Waals surface area contributed by atoms with Crippen molar-refractivity contribution in [2.75, 3.05) is 6.61 Å². The zero-order valence-electron chi connectivity index (χ0n) is 10.9. The van der Waals surface area contributed by atoms with Gasteiger partial charge in [0, 0.05) is 0 Å². The van der Waals surface area contributed by atoms with Gasteiger partial charge in [-0.05, 0) is 32.9 Å². The van der Waals surface area contributed by atoms with Crippen molar-refractivity contribution in [3.05, 3.63) is 24.3 Å². The molecule has 98 valence electrons. The average molecular weight is 249 g/mol. The molecule has 5 nitrogen and oxygen atoms in total. The average Bonchev–Trinajstić information content (AvgIpc) is 2.34. The minimum Gasteiger partial charge on any atom is -0.485 e. The minimum atomic E-state index is -0.302. The van der Waals surface area contributed by atoms with Crippen LogP contribution >= 0.6 is 0 Å². The molecule has 0 amide bonds. The third-order valence-corrected chi connectivity index (χ3v) is 2.42. The second-order valence-corrected chi connectivity index (χ2v) is 5.18. The molecule has 18 heavy (non-hydrogen) atoms. The Morgan fingerprint density at radius 1 is 1.33 bits per heavy atom. The third kappa shape index (κ3) is 2.92. The molecule has 0 fully saturated rings. The second-order valence-electron chi connectivity index (χ2n) is 5.18. The van der Waals surface area contributed by atoms with Gasteiger partial charge in [-0.3, -0.25) is 4.99 Å². The highest BCUT2D eigenvalue weighted by atomic mass is 16.6. The highest BCUT2D eigenvalue weighted by Gasteiger charge is 2.26. The van der Waals surface area contributed by atoms with Gasteiger partial charge in [-0.2, -0.15) is 0 Å². The lowest BCUT2D eigenvalue weighted by Crippen LogP contribution is -2.48. The lowest BCUT2D eigenvalue weighted by Gasteiger charge is -2.28. The maximum absolute atomic E-state index is 5.83. The number of benzene rings is 1. The van der Waals surface area contributed by atoms with Crippen LogP contribution in [-0.2, 0) is 0 Å². The van der Waals surface area contributed by atoms with Gasteiger partial charge in [0.15, 0.2) is 23.4 Å². The highest BCUT2D eigenvalue weighted by molar-refractivity contribution is 5.87. The zero-order chi connectivity index (χ0) is 13.2. The van der Waals surface area contributed by atoms with Crippen molar-refractivity contribution in [1.29, 1.82) is 0 Å². The third-order valence-electron chi connectivity index (χ3n) is 2.42. The summed E-state index contributed by atoms with van der Waals surface area (Å²) in [7, 11) is 0. The van der Waals surface area contributed by atoms with Crippen LogP contribution in [0.2, 0.25) is 0 Å². The number of para-hydroxylation sites is 2. The summed E-state index contributed by atoms with van der Waals surface area (Å²) in [5.74, 6) is 7.57. The number of hydrazine groups is 1. The second kappa shape index (κ2) is 4.86. The molecule has 0 saturated heterocycles. The van der Waals surface area contributed by atoms with Crippen molar-refractivity contribution in [2.45, 2.75) is 32.4 Å². The smallest absolute Gasteiger partial charge is 0.190 e. The Morgan fingerprint density at radius 3 is 2.61 bits per heavy atom. The standard InChI is InChI=1S/C13H19N3O2/c1-13(2,3)15-12(16-14)11-8-17-9-6-4-5-7-10(9)18-11/h4-7,11H,8,14H2,1-3H3,(H,15,16). The molecule has 0 saturated carbocycles. The molecule has 1 aliphatic rings. The molecule has 0 aliphatic carbocycles. The molecule has 1 heterocycles. The molecule has 0 bridgehead atoms.